The first-order valence-electron chi connectivity index (χ1n) is 15.1. The van der Waals surface area contributed by atoms with Crippen molar-refractivity contribution in [2.24, 2.45) is 17.8 Å². The molecule has 43 heavy (non-hydrogen) atoms. The molecule has 0 spiro atoms. The van der Waals surface area contributed by atoms with Gasteiger partial charge in [0.25, 0.3) is 5.91 Å². The van der Waals surface area contributed by atoms with Gasteiger partial charge in [-0.25, -0.2) is 32.2 Å². The van der Waals surface area contributed by atoms with Crippen LogP contribution in [0, 0.1) is 17.8 Å². The second-order valence-corrected chi connectivity index (χ2v) is 12.9. The summed E-state index contributed by atoms with van der Waals surface area (Å²) in [7, 11) is 0. The number of fused-ring (bicyclic) bond motifs is 1. The third kappa shape index (κ3) is 6.10. The van der Waals surface area contributed by atoms with Gasteiger partial charge in [0, 0.05) is 50.4 Å². The Labute approximate surface area is 244 Å². The van der Waals surface area contributed by atoms with E-state index in [0.29, 0.717) is 22.9 Å². The van der Waals surface area contributed by atoms with E-state index in [1.807, 2.05) is 0 Å². The smallest absolute Gasteiger partial charge is 0.276 e. The maximum Gasteiger partial charge on any atom is 0.276 e. The summed E-state index contributed by atoms with van der Waals surface area (Å²) in [4.78, 5) is 35.5. The van der Waals surface area contributed by atoms with Gasteiger partial charge in [0.05, 0.1) is 23.5 Å². The van der Waals surface area contributed by atoms with E-state index in [9.17, 15) is 27.2 Å². The Hall–Kier alpha value is -3.58. The van der Waals surface area contributed by atoms with Crippen LogP contribution in [0.4, 0.5) is 17.6 Å². The van der Waals surface area contributed by atoms with Crippen LogP contribution < -0.4 is 10.6 Å². The van der Waals surface area contributed by atoms with Crippen LogP contribution in [0.3, 0.4) is 0 Å². The summed E-state index contributed by atoms with van der Waals surface area (Å²) in [5.41, 5.74) is 1.70. The van der Waals surface area contributed by atoms with Gasteiger partial charge >= 0.3 is 0 Å². The van der Waals surface area contributed by atoms with Crippen molar-refractivity contribution in [2.75, 3.05) is 0 Å². The van der Waals surface area contributed by atoms with E-state index in [4.69, 9.17) is 14.6 Å². The standard InChI is InChI=1S/C29H33F4N7O3/c30-28(31)8-5-18(6-9-28)23(37-26(42)25-24(17-3-4-17)38-43-39-25)20-14-40-10-7-19(34-27(40)35-20)22(16-1-2-16)36-21(41)11-15-12-29(32,33)13-15/h7,10,14-18,22-23H,1-6,8-9,11-13H2,(H,36,41)(H,37,42). The summed E-state index contributed by atoms with van der Waals surface area (Å²) in [5, 5.41) is 13.7. The second-order valence-electron chi connectivity index (χ2n) is 12.9. The van der Waals surface area contributed by atoms with Crippen molar-refractivity contribution in [1.82, 2.24) is 35.3 Å². The van der Waals surface area contributed by atoms with Gasteiger partial charge in [-0.1, -0.05) is 5.16 Å². The number of aromatic nitrogens is 5. The third-order valence-corrected chi connectivity index (χ3v) is 9.28. The van der Waals surface area contributed by atoms with Crippen LogP contribution in [0.15, 0.2) is 23.1 Å². The molecular formula is C29H33F4N7O3. The fourth-order valence-electron chi connectivity index (χ4n) is 6.53. The lowest BCUT2D eigenvalue weighted by Gasteiger charge is -2.34. The van der Waals surface area contributed by atoms with Crippen molar-refractivity contribution in [3.63, 3.8) is 0 Å². The number of nitrogens with zero attached hydrogens (tertiary/aromatic N) is 5. The molecule has 14 heteroatoms. The summed E-state index contributed by atoms with van der Waals surface area (Å²) in [6, 6.07) is 0.753. The largest absolute Gasteiger partial charge is 0.347 e. The predicted molar refractivity (Wildman–Crippen MR) is 142 cm³/mol. The van der Waals surface area contributed by atoms with Gasteiger partial charge in [-0.2, -0.15) is 0 Å². The molecule has 4 aliphatic carbocycles. The molecular weight excluding hydrogens is 570 g/mol. The summed E-state index contributed by atoms with van der Waals surface area (Å²) in [6.45, 7) is 0. The highest BCUT2D eigenvalue weighted by molar-refractivity contribution is 5.93. The molecule has 4 saturated carbocycles. The van der Waals surface area contributed by atoms with Crippen molar-refractivity contribution in [1.29, 1.82) is 0 Å². The van der Waals surface area contributed by atoms with Crippen LogP contribution >= 0.6 is 0 Å². The van der Waals surface area contributed by atoms with E-state index in [2.05, 4.69) is 20.9 Å². The SMILES string of the molecule is O=C(CC1CC(F)(F)C1)NC(c1ccn2cc(C(NC(=O)c3nonc3C3CC3)C3CCC(F)(F)CC3)nc2n1)C1CC1. The maximum absolute atomic E-state index is 14.0. The average Bonchev–Trinajstić information content (AvgIpc) is 3.87. The molecule has 2 amide bonds. The van der Waals surface area contributed by atoms with Crippen molar-refractivity contribution >= 4 is 17.6 Å². The molecule has 3 aromatic heterocycles. The highest BCUT2D eigenvalue weighted by Gasteiger charge is 2.46. The number of amides is 2. The first kappa shape index (κ1) is 28.2. The van der Waals surface area contributed by atoms with Crippen LogP contribution in [0.25, 0.3) is 5.78 Å². The third-order valence-electron chi connectivity index (χ3n) is 9.28. The number of hydrogen-bond donors (Lipinski definition) is 2. The average molecular weight is 604 g/mol. The minimum absolute atomic E-state index is 0.0554. The summed E-state index contributed by atoms with van der Waals surface area (Å²) in [5.74, 6) is -6.10. The number of hydrogen-bond acceptors (Lipinski definition) is 7. The first-order valence-corrected chi connectivity index (χ1v) is 15.1. The number of halogens is 4. The van der Waals surface area contributed by atoms with Gasteiger partial charge < -0.3 is 10.6 Å². The highest BCUT2D eigenvalue weighted by Crippen LogP contribution is 2.45. The topological polar surface area (TPSA) is 127 Å². The number of rotatable bonds is 10. The number of carbonyl (C=O) groups excluding carboxylic acids is 2. The van der Waals surface area contributed by atoms with Crippen LogP contribution in [-0.4, -0.2) is 48.3 Å². The molecule has 0 saturated heterocycles. The Morgan fingerprint density at radius 1 is 0.907 bits per heavy atom. The van der Waals surface area contributed by atoms with Crippen molar-refractivity contribution in [2.45, 2.75) is 100 Å². The Balaban J connectivity index is 1.12. The van der Waals surface area contributed by atoms with E-state index < -0.39 is 23.8 Å². The molecule has 2 unspecified atom stereocenters. The van der Waals surface area contributed by atoms with Crippen LogP contribution in [0.5, 0.6) is 0 Å². The van der Waals surface area contributed by atoms with E-state index in [0.717, 1.165) is 25.7 Å². The maximum atomic E-state index is 14.0. The molecule has 0 bridgehead atoms. The van der Waals surface area contributed by atoms with Crippen LogP contribution in [0.2, 0.25) is 0 Å². The van der Waals surface area contributed by atoms with E-state index in [-0.39, 0.29) is 86.3 Å². The second kappa shape index (κ2) is 10.5. The summed E-state index contributed by atoms with van der Waals surface area (Å²) >= 11 is 0. The molecule has 2 atom stereocenters. The lowest BCUT2D eigenvalue weighted by atomic mass is 9.79. The van der Waals surface area contributed by atoms with E-state index in [1.165, 1.54) is 0 Å². The number of imidazole rings is 1. The van der Waals surface area contributed by atoms with E-state index in [1.54, 1.807) is 22.9 Å². The van der Waals surface area contributed by atoms with Crippen LogP contribution in [0.1, 0.15) is 116 Å². The molecule has 10 nitrogen and oxygen atoms in total. The van der Waals surface area contributed by atoms with Crippen molar-refractivity contribution < 1.29 is 31.8 Å². The molecule has 7 rings (SSSR count). The van der Waals surface area contributed by atoms with Gasteiger partial charge in [-0.15, -0.1) is 0 Å². The van der Waals surface area contributed by atoms with Gasteiger partial charge in [0.15, 0.2) is 5.69 Å². The van der Waals surface area contributed by atoms with Gasteiger partial charge in [0.2, 0.25) is 23.5 Å². The molecule has 4 fully saturated rings. The normalized spacial score (nSPS) is 23.4. The molecule has 0 aromatic carbocycles. The zero-order valence-corrected chi connectivity index (χ0v) is 23.4. The molecule has 2 N–H and O–H groups in total. The molecule has 0 radical (unpaired) electrons. The van der Waals surface area contributed by atoms with Gasteiger partial charge in [-0.3, -0.25) is 14.0 Å². The Morgan fingerprint density at radius 3 is 2.26 bits per heavy atom. The molecule has 3 heterocycles. The Morgan fingerprint density at radius 2 is 1.58 bits per heavy atom. The van der Waals surface area contributed by atoms with E-state index >= 15 is 0 Å². The number of alkyl halides is 4. The molecule has 0 aliphatic heterocycles. The Bertz CT molecular complexity index is 1520. The van der Waals surface area contributed by atoms with Gasteiger partial charge in [0.1, 0.15) is 5.69 Å². The van der Waals surface area contributed by atoms with Gasteiger partial charge in [-0.05, 0) is 67.5 Å². The summed E-state index contributed by atoms with van der Waals surface area (Å²) in [6.07, 6.45) is 6.51. The van der Waals surface area contributed by atoms with Crippen LogP contribution in [-0.2, 0) is 4.79 Å². The fraction of sp³-hybridized carbons (Fsp3) is 0.655. The first-order chi connectivity index (χ1) is 20.5. The van der Waals surface area contributed by atoms with Crippen molar-refractivity contribution in [3.05, 3.63) is 41.2 Å². The number of nitrogens with one attached hydrogen (secondary N) is 2. The zero-order valence-electron chi connectivity index (χ0n) is 23.4. The summed E-state index contributed by atoms with van der Waals surface area (Å²) < 4.78 is 61.1. The highest BCUT2D eigenvalue weighted by atomic mass is 19.3. The number of carbonyl (C=O) groups is 2. The molecule has 4 aliphatic rings. The molecule has 3 aromatic rings. The predicted octanol–water partition coefficient (Wildman–Crippen LogP) is 5.29. The zero-order chi connectivity index (χ0) is 29.9. The minimum atomic E-state index is -2.74. The fourth-order valence-corrected chi connectivity index (χ4v) is 6.53. The lowest BCUT2D eigenvalue weighted by molar-refractivity contribution is -0.134. The van der Waals surface area contributed by atoms with Crippen molar-refractivity contribution in [3.8, 4) is 0 Å². The lowest BCUT2D eigenvalue weighted by Crippen LogP contribution is -2.39. The monoisotopic (exact) mass is 603 g/mol. The minimum Gasteiger partial charge on any atom is -0.347 e. The Kier molecular flexibility index (Phi) is 6.92. The molecule has 230 valence electrons. The quantitative estimate of drug-likeness (QED) is 0.302.